The molecule has 6 heteroatoms. The summed E-state index contributed by atoms with van der Waals surface area (Å²) >= 11 is 3.27. The first kappa shape index (κ1) is 14.5. The second-order valence-electron chi connectivity index (χ2n) is 4.37. The Kier molecular flexibility index (Phi) is 4.34. The molecule has 0 aliphatic carbocycles. The standard InChI is InChI=1S/C14H12BrFN2O2/c1-9-2-4-12(16)13(6-9)17-8-10-7-11(15)3-5-14(10)18(19)20/h2-7,17H,8H2,1H3. The van der Waals surface area contributed by atoms with Crippen molar-refractivity contribution in [3.63, 3.8) is 0 Å². The third-order valence-corrected chi connectivity index (χ3v) is 3.32. The van der Waals surface area contributed by atoms with E-state index in [1.165, 1.54) is 12.1 Å². The van der Waals surface area contributed by atoms with E-state index >= 15 is 0 Å². The second-order valence-corrected chi connectivity index (χ2v) is 5.28. The molecule has 0 saturated heterocycles. The molecule has 2 rings (SSSR count). The van der Waals surface area contributed by atoms with Gasteiger partial charge in [-0.05, 0) is 36.8 Å². The molecule has 0 fully saturated rings. The van der Waals surface area contributed by atoms with Gasteiger partial charge in [0.05, 0.1) is 10.6 Å². The molecule has 104 valence electrons. The summed E-state index contributed by atoms with van der Waals surface area (Å²) in [7, 11) is 0. The number of nitro benzene ring substituents is 1. The van der Waals surface area contributed by atoms with Crippen molar-refractivity contribution < 1.29 is 9.31 Å². The fourth-order valence-corrected chi connectivity index (χ4v) is 2.25. The average Bonchev–Trinajstić information content (AvgIpc) is 2.39. The minimum atomic E-state index is -0.448. The third-order valence-electron chi connectivity index (χ3n) is 2.83. The zero-order valence-corrected chi connectivity index (χ0v) is 12.3. The lowest BCUT2D eigenvalue weighted by atomic mass is 10.1. The van der Waals surface area contributed by atoms with Gasteiger partial charge in [-0.2, -0.15) is 0 Å². The number of anilines is 1. The van der Waals surface area contributed by atoms with Gasteiger partial charge in [0, 0.05) is 22.6 Å². The van der Waals surface area contributed by atoms with Crippen LogP contribution in [0, 0.1) is 22.9 Å². The van der Waals surface area contributed by atoms with E-state index in [-0.39, 0.29) is 18.0 Å². The van der Waals surface area contributed by atoms with Gasteiger partial charge in [-0.25, -0.2) is 4.39 Å². The molecule has 0 heterocycles. The van der Waals surface area contributed by atoms with Crippen molar-refractivity contribution in [2.75, 3.05) is 5.32 Å². The van der Waals surface area contributed by atoms with Crippen LogP contribution in [0.5, 0.6) is 0 Å². The fraction of sp³-hybridized carbons (Fsp3) is 0.143. The number of hydrogen-bond donors (Lipinski definition) is 1. The van der Waals surface area contributed by atoms with Crippen LogP contribution >= 0.6 is 15.9 Å². The number of hydrogen-bond acceptors (Lipinski definition) is 3. The van der Waals surface area contributed by atoms with Gasteiger partial charge in [-0.15, -0.1) is 0 Å². The lowest BCUT2D eigenvalue weighted by Crippen LogP contribution is -2.04. The first-order valence-electron chi connectivity index (χ1n) is 5.90. The van der Waals surface area contributed by atoms with Crippen LogP contribution in [0.4, 0.5) is 15.8 Å². The Balaban J connectivity index is 2.24. The van der Waals surface area contributed by atoms with Gasteiger partial charge in [-0.3, -0.25) is 10.1 Å². The first-order chi connectivity index (χ1) is 9.47. The Hall–Kier alpha value is -1.95. The lowest BCUT2D eigenvalue weighted by Gasteiger charge is -2.09. The summed E-state index contributed by atoms with van der Waals surface area (Å²) in [6.45, 7) is 2.03. The topological polar surface area (TPSA) is 55.2 Å². The fourth-order valence-electron chi connectivity index (χ4n) is 1.84. The smallest absolute Gasteiger partial charge is 0.274 e. The number of benzene rings is 2. The van der Waals surface area contributed by atoms with Crippen molar-refractivity contribution in [3.8, 4) is 0 Å². The Morgan fingerprint density at radius 2 is 2.05 bits per heavy atom. The zero-order valence-electron chi connectivity index (χ0n) is 10.7. The molecule has 0 aliphatic heterocycles. The van der Waals surface area contributed by atoms with Crippen LogP contribution in [0.2, 0.25) is 0 Å². The molecule has 0 amide bonds. The van der Waals surface area contributed by atoms with E-state index in [2.05, 4.69) is 21.2 Å². The molecular formula is C14H12BrFN2O2. The van der Waals surface area contributed by atoms with Crippen LogP contribution in [0.1, 0.15) is 11.1 Å². The van der Waals surface area contributed by atoms with E-state index < -0.39 is 4.92 Å². The highest BCUT2D eigenvalue weighted by Crippen LogP contribution is 2.24. The van der Waals surface area contributed by atoms with E-state index in [0.29, 0.717) is 11.3 Å². The van der Waals surface area contributed by atoms with E-state index in [9.17, 15) is 14.5 Å². The van der Waals surface area contributed by atoms with Gasteiger partial charge in [-0.1, -0.05) is 22.0 Å². The molecule has 20 heavy (non-hydrogen) atoms. The van der Waals surface area contributed by atoms with E-state index in [1.807, 2.05) is 6.92 Å². The van der Waals surface area contributed by atoms with Crippen LogP contribution in [-0.4, -0.2) is 4.92 Å². The van der Waals surface area contributed by atoms with Crippen LogP contribution in [0.25, 0.3) is 0 Å². The Labute approximate surface area is 123 Å². The number of nitrogens with zero attached hydrogens (tertiary/aromatic N) is 1. The molecule has 2 aromatic carbocycles. The molecule has 0 aromatic heterocycles. The van der Waals surface area contributed by atoms with Crippen molar-refractivity contribution in [3.05, 3.63) is 67.9 Å². The molecule has 0 spiro atoms. The molecule has 0 unspecified atom stereocenters. The van der Waals surface area contributed by atoms with Crippen molar-refractivity contribution >= 4 is 27.3 Å². The first-order valence-corrected chi connectivity index (χ1v) is 6.69. The third kappa shape index (κ3) is 3.33. The molecule has 2 aromatic rings. The van der Waals surface area contributed by atoms with Crippen molar-refractivity contribution in [2.45, 2.75) is 13.5 Å². The van der Waals surface area contributed by atoms with Crippen LogP contribution < -0.4 is 5.32 Å². The molecular weight excluding hydrogens is 327 g/mol. The normalized spacial score (nSPS) is 10.3. The number of rotatable bonds is 4. The van der Waals surface area contributed by atoms with Gasteiger partial charge < -0.3 is 5.32 Å². The number of halogens is 2. The summed E-state index contributed by atoms with van der Waals surface area (Å²) in [6, 6.07) is 9.38. The highest BCUT2D eigenvalue weighted by molar-refractivity contribution is 9.10. The van der Waals surface area contributed by atoms with Gasteiger partial charge in [0.15, 0.2) is 0 Å². The summed E-state index contributed by atoms with van der Waals surface area (Å²) in [5, 5.41) is 13.8. The highest BCUT2D eigenvalue weighted by Gasteiger charge is 2.14. The maximum Gasteiger partial charge on any atom is 0.274 e. The summed E-state index contributed by atoms with van der Waals surface area (Å²) < 4.78 is 14.3. The van der Waals surface area contributed by atoms with Crippen LogP contribution in [0.15, 0.2) is 40.9 Å². The van der Waals surface area contributed by atoms with E-state index in [0.717, 1.165) is 10.0 Å². The number of nitro groups is 1. The highest BCUT2D eigenvalue weighted by atomic mass is 79.9. The van der Waals surface area contributed by atoms with Gasteiger partial charge in [0.25, 0.3) is 5.69 Å². The van der Waals surface area contributed by atoms with Gasteiger partial charge in [0.1, 0.15) is 5.82 Å². The number of aryl methyl sites for hydroxylation is 1. The van der Waals surface area contributed by atoms with Gasteiger partial charge in [0.2, 0.25) is 0 Å². The minimum Gasteiger partial charge on any atom is -0.378 e. The molecule has 0 radical (unpaired) electrons. The average molecular weight is 339 g/mol. The quantitative estimate of drug-likeness (QED) is 0.663. The summed E-state index contributed by atoms with van der Waals surface area (Å²) in [4.78, 5) is 10.5. The predicted octanol–water partition coefficient (Wildman–Crippen LogP) is 4.42. The molecule has 1 N–H and O–H groups in total. The predicted molar refractivity (Wildman–Crippen MR) is 79.3 cm³/mol. The largest absolute Gasteiger partial charge is 0.378 e. The Bertz CT molecular complexity index is 662. The van der Waals surface area contributed by atoms with E-state index in [4.69, 9.17) is 0 Å². The summed E-state index contributed by atoms with van der Waals surface area (Å²) in [6.07, 6.45) is 0. The zero-order chi connectivity index (χ0) is 14.7. The minimum absolute atomic E-state index is 0.00811. The van der Waals surface area contributed by atoms with Crippen LogP contribution in [0.3, 0.4) is 0 Å². The van der Waals surface area contributed by atoms with Gasteiger partial charge >= 0.3 is 0 Å². The molecule has 0 aliphatic rings. The summed E-state index contributed by atoms with van der Waals surface area (Å²) in [5.74, 6) is -0.381. The SMILES string of the molecule is Cc1ccc(F)c(NCc2cc(Br)ccc2[N+](=O)[O-])c1. The molecule has 0 atom stereocenters. The Morgan fingerprint density at radius 1 is 1.30 bits per heavy atom. The van der Waals surface area contributed by atoms with Crippen molar-refractivity contribution in [1.82, 2.24) is 0 Å². The van der Waals surface area contributed by atoms with Crippen molar-refractivity contribution in [2.24, 2.45) is 0 Å². The second kappa shape index (κ2) is 6.00. The number of nitrogens with one attached hydrogen (secondary N) is 1. The monoisotopic (exact) mass is 338 g/mol. The van der Waals surface area contributed by atoms with Crippen molar-refractivity contribution in [1.29, 1.82) is 0 Å². The van der Waals surface area contributed by atoms with E-state index in [1.54, 1.807) is 24.3 Å². The maximum atomic E-state index is 13.6. The van der Waals surface area contributed by atoms with Crippen LogP contribution in [-0.2, 0) is 6.54 Å². The Morgan fingerprint density at radius 3 is 2.75 bits per heavy atom. The lowest BCUT2D eigenvalue weighted by molar-refractivity contribution is -0.385. The molecule has 0 bridgehead atoms. The summed E-state index contributed by atoms with van der Waals surface area (Å²) in [5.41, 5.74) is 1.75. The molecule has 0 saturated carbocycles. The maximum absolute atomic E-state index is 13.6. The molecule has 4 nitrogen and oxygen atoms in total.